The maximum absolute atomic E-state index is 3.66. The molecule has 0 saturated heterocycles. The molecule has 0 amide bonds. The van der Waals surface area contributed by atoms with Crippen molar-refractivity contribution < 1.29 is 0 Å². The van der Waals surface area contributed by atoms with E-state index in [2.05, 4.69) is 149 Å². The average molecular weight is 528 g/mol. The number of nitrogens with zero attached hydrogens (tertiary/aromatic N) is 1. The molecule has 0 spiro atoms. The predicted octanol–water partition coefficient (Wildman–Crippen LogP) is 8.86. The van der Waals surface area contributed by atoms with Crippen LogP contribution in [0.5, 0.6) is 0 Å². The summed E-state index contributed by atoms with van der Waals surface area (Å²) in [5, 5.41) is 1.38. The summed E-state index contributed by atoms with van der Waals surface area (Å²) in [6.07, 6.45) is 4.87. The van der Waals surface area contributed by atoms with Crippen LogP contribution in [0.1, 0.15) is 39.8 Å². The molecule has 1 nitrogen and oxygen atoms in total. The van der Waals surface area contributed by atoms with Crippen molar-refractivity contribution in [2.45, 2.75) is 11.8 Å². The minimum Gasteiger partial charge on any atom is -0.347 e. The number of para-hydroxylation sites is 1. The summed E-state index contributed by atoms with van der Waals surface area (Å²) in [4.78, 5) is 0. The number of hydrogen-bond donors (Lipinski definition) is 0. The van der Waals surface area contributed by atoms with Gasteiger partial charge in [-0.25, -0.2) is 0 Å². The molecule has 0 saturated carbocycles. The minimum atomic E-state index is 0.289. The van der Waals surface area contributed by atoms with Crippen LogP contribution in [-0.2, 0) is 7.05 Å². The molecule has 174 valence electrons. The SMILES string of the molecule is Cn1c2c(c3ccccc31)C(c1ccc(Br)cc1)C1C(=C(c3ccccc3)c3ccccc3)C=CC21. The lowest BCUT2D eigenvalue weighted by molar-refractivity contribution is 0.561. The molecule has 0 bridgehead atoms. The van der Waals surface area contributed by atoms with E-state index in [1.54, 1.807) is 0 Å². The normalized spacial score (nSPS) is 20.1. The van der Waals surface area contributed by atoms with E-state index in [0.29, 0.717) is 11.8 Å². The van der Waals surface area contributed by atoms with Gasteiger partial charge in [-0.1, -0.05) is 119 Å². The lowest BCUT2D eigenvalue weighted by atomic mass is 9.77. The quantitative estimate of drug-likeness (QED) is 0.220. The second kappa shape index (κ2) is 8.50. The smallest absolute Gasteiger partial charge is 0.0483 e. The largest absolute Gasteiger partial charge is 0.347 e. The van der Waals surface area contributed by atoms with Crippen molar-refractivity contribution in [2.24, 2.45) is 13.0 Å². The molecular weight excluding hydrogens is 502 g/mol. The zero-order valence-corrected chi connectivity index (χ0v) is 21.7. The molecule has 1 heterocycles. The summed E-state index contributed by atoms with van der Waals surface area (Å²) >= 11 is 3.66. The van der Waals surface area contributed by atoms with Crippen LogP contribution in [0.4, 0.5) is 0 Å². The average Bonchev–Trinajstić information content (AvgIpc) is 3.57. The summed E-state index contributed by atoms with van der Waals surface area (Å²) in [5.74, 6) is 0.988. The molecule has 36 heavy (non-hydrogen) atoms. The van der Waals surface area contributed by atoms with Gasteiger partial charge >= 0.3 is 0 Å². The number of hydrogen-bond acceptors (Lipinski definition) is 0. The first-order valence-electron chi connectivity index (χ1n) is 12.6. The van der Waals surface area contributed by atoms with Gasteiger partial charge in [0.1, 0.15) is 0 Å². The van der Waals surface area contributed by atoms with Crippen LogP contribution in [0.2, 0.25) is 0 Å². The number of halogens is 1. The third kappa shape index (κ3) is 3.21. The Bertz CT molecular complexity index is 1600. The van der Waals surface area contributed by atoms with E-state index in [1.165, 1.54) is 50.0 Å². The number of allylic oxidation sites excluding steroid dienone is 3. The van der Waals surface area contributed by atoms with Gasteiger partial charge in [-0.2, -0.15) is 0 Å². The number of rotatable bonds is 3. The highest BCUT2D eigenvalue weighted by molar-refractivity contribution is 9.10. The van der Waals surface area contributed by atoms with Crippen LogP contribution >= 0.6 is 15.9 Å². The van der Waals surface area contributed by atoms with Crippen molar-refractivity contribution in [3.63, 3.8) is 0 Å². The van der Waals surface area contributed by atoms with E-state index in [4.69, 9.17) is 0 Å². The standard InChI is InChI=1S/C34H26BrN/c1-36-29-15-9-8-14-26(29)33-31(24-16-18-25(35)19-17-24)32-27(20-21-28(32)34(33)36)30(22-10-4-2-5-11-22)23-12-6-3-7-13-23/h2-21,28,31-32H,1H3. The first-order valence-corrected chi connectivity index (χ1v) is 13.4. The maximum atomic E-state index is 3.66. The Morgan fingerprint density at radius 2 is 1.33 bits per heavy atom. The number of fused-ring (bicyclic) bond motifs is 5. The van der Waals surface area contributed by atoms with Crippen LogP contribution in [0.3, 0.4) is 0 Å². The number of aromatic nitrogens is 1. The highest BCUT2D eigenvalue weighted by atomic mass is 79.9. The van der Waals surface area contributed by atoms with Crippen molar-refractivity contribution in [3.05, 3.63) is 159 Å². The maximum Gasteiger partial charge on any atom is 0.0483 e. The topological polar surface area (TPSA) is 4.93 Å². The molecular formula is C34H26BrN. The Morgan fingerprint density at radius 3 is 2.00 bits per heavy atom. The Labute approximate surface area is 220 Å². The van der Waals surface area contributed by atoms with Gasteiger partial charge in [-0.15, -0.1) is 0 Å². The van der Waals surface area contributed by atoms with Gasteiger partial charge in [0.25, 0.3) is 0 Å². The fourth-order valence-electron chi connectivity index (χ4n) is 6.64. The van der Waals surface area contributed by atoms with Gasteiger partial charge in [-0.3, -0.25) is 0 Å². The molecule has 0 radical (unpaired) electrons. The zero-order chi connectivity index (χ0) is 24.2. The Balaban J connectivity index is 1.53. The van der Waals surface area contributed by atoms with Gasteiger partial charge in [0.15, 0.2) is 0 Å². The van der Waals surface area contributed by atoms with Gasteiger partial charge in [0.2, 0.25) is 0 Å². The summed E-state index contributed by atoms with van der Waals surface area (Å²) in [7, 11) is 2.24. The van der Waals surface area contributed by atoms with Gasteiger partial charge in [-0.05, 0) is 51.6 Å². The first kappa shape index (κ1) is 21.6. The van der Waals surface area contributed by atoms with E-state index in [-0.39, 0.29) is 5.92 Å². The van der Waals surface area contributed by atoms with Crippen molar-refractivity contribution in [1.29, 1.82) is 0 Å². The monoisotopic (exact) mass is 527 g/mol. The van der Waals surface area contributed by atoms with Gasteiger partial charge < -0.3 is 4.57 Å². The van der Waals surface area contributed by atoms with Crippen LogP contribution in [0.25, 0.3) is 16.5 Å². The molecule has 0 fully saturated rings. The van der Waals surface area contributed by atoms with Crippen molar-refractivity contribution in [1.82, 2.24) is 4.57 Å². The van der Waals surface area contributed by atoms with Crippen molar-refractivity contribution in [2.75, 3.05) is 0 Å². The third-order valence-electron chi connectivity index (χ3n) is 8.05. The minimum absolute atomic E-state index is 0.289. The lowest BCUT2D eigenvalue weighted by Gasteiger charge is -2.26. The summed E-state index contributed by atoms with van der Waals surface area (Å²) < 4.78 is 3.56. The van der Waals surface area contributed by atoms with E-state index >= 15 is 0 Å². The van der Waals surface area contributed by atoms with Gasteiger partial charge in [0.05, 0.1) is 0 Å². The van der Waals surface area contributed by atoms with Crippen LogP contribution in [0, 0.1) is 5.92 Å². The van der Waals surface area contributed by atoms with Crippen LogP contribution in [-0.4, -0.2) is 4.57 Å². The van der Waals surface area contributed by atoms with Crippen molar-refractivity contribution in [3.8, 4) is 0 Å². The summed E-state index contributed by atoms with van der Waals surface area (Å²) in [6.45, 7) is 0. The highest BCUT2D eigenvalue weighted by Gasteiger charge is 2.48. The molecule has 7 rings (SSSR count). The first-order chi connectivity index (χ1) is 17.7. The molecule has 0 N–H and O–H groups in total. The molecule has 5 aromatic rings. The van der Waals surface area contributed by atoms with Crippen LogP contribution < -0.4 is 0 Å². The molecule has 2 heteroatoms. The summed E-state index contributed by atoms with van der Waals surface area (Å²) in [5.41, 5.74) is 11.0. The fourth-order valence-corrected chi connectivity index (χ4v) is 6.90. The number of benzene rings is 4. The highest BCUT2D eigenvalue weighted by Crippen LogP contribution is 2.60. The van der Waals surface area contributed by atoms with Crippen molar-refractivity contribution >= 4 is 32.4 Å². The summed E-state index contributed by atoms with van der Waals surface area (Å²) in [6, 6.07) is 39.7. The van der Waals surface area contributed by atoms with E-state index in [9.17, 15) is 0 Å². The molecule has 0 aliphatic heterocycles. The molecule has 3 unspecified atom stereocenters. The number of aryl methyl sites for hydroxylation is 1. The molecule has 2 aliphatic rings. The van der Waals surface area contributed by atoms with Crippen LogP contribution in [0.15, 0.2) is 131 Å². The van der Waals surface area contributed by atoms with E-state index in [0.717, 1.165) is 4.47 Å². The van der Waals surface area contributed by atoms with E-state index < -0.39 is 0 Å². The Kier molecular flexibility index (Phi) is 5.11. The molecule has 3 atom stereocenters. The molecule has 1 aromatic heterocycles. The molecule has 4 aromatic carbocycles. The lowest BCUT2D eigenvalue weighted by Crippen LogP contribution is -2.14. The fraction of sp³-hybridized carbons (Fsp3) is 0.118. The predicted molar refractivity (Wildman–Crippen MR) is 153 cm³/mol. The Morgan fingerprint density at radius 1 is 0.722 bits per heavy atom. The van der Waals surface area contributed by atoms with E-state index in [1.807, 2.05) is 0 Å². The zero-order valence-electron chi connectivity index (χ0n) is 20.1. The third-order valence-corrected chi connectivity index (χ3v) is 8.58. The van der Waals surface area contributed by atoms with Gasteiger partial charge in [0, 0.05) is 45.9 Å². The second-order valence-electron chi connectivity index (χ2n) is 9.88. The Hall–Kier alpha value is -3.62. The molecule has 2 aliphatic carbocycles. The second-order valence-corrected chi connectivity index (χ2v) is 10.8.